The van der Waals surface area contributed by atoms with E-state index in [9.17, 15) is 9.59 Å². The Morgan fingerprint density at radius 1 is 1.16 bits per heavy atom. The highest BCUT2D eigenvalue weighted by Crippen LogP contribution is 2.31. The molecule has 1 N–H and O–H groups in total. The highest BCUT2D eigenvalue weighted by molar-refractivity contribution is 8.00. The minimum atomic E-state index is -0.306. The lowest BCUT2D eigenvalue weighted by Crippen LogP contribution is -2.47. The Bertz CT molecular complexity index is 1180. The number of hydrogen-bond acceptors (Lipinski definition) is 7. The van der Waals surface area contributed by atoms with Crippen LogP contribution in [0.25, 0.3) is 6.08 Å². The second-order valence-electron chi connectivity index (χ2n) is 9.12. The Morgan fingerprint density at radius 3 is 2.78 bits per heavy atom. The van der Waals surface area contributed by atoms with Crippen LogP contribution in [0.2, 0.25) is 10.0 Å². The lowest BCUT2D eigenvalue weighted by Gasteiger charge is -2.33. The molecule has 198 valence electrons. The number of nitrogens with zero attached hydrogens (tertiary/aromatic N) is 2. The van der Waals surface area contributed by atoms with E-state index in [1.807, 2.05) is 49.5 Å². The summed E-state index contributed by atoms with van der Waals surface area (Å²) in [5, 5.41) is 4.10. The summed E-state index contributed by atoms with van der Waals surface area (Å²) >= 11 is 13.6. The van der Waals surface area contributed by atoms with E-state index in [4.69, 9.17) is 32.7 Å². The number of carbonyl (C=O) groups excluding carboxylic acids is 2. The van der Waals surface area contributed by atoms with Gasteiger partial charge in [0.2, 0.25) is 5.91 Å². The van der Waals surface area contributed by atoms with E-state index in [2.05, 4.69) is 15.1 Å². The molecule has 0 aromatic heterocycles. The van der Waals surface area contributed by atoms with Crippen LogP contribution in [0.4, 0.5) is 5.69 Å². The number of benzene rings is 2. The predicted molar refractivity (Wildman–Crippen MR) is 150 cm³/mol. The van der Waals surface area contributed by atoms with Crippen molar-refractivity contribution in [1.29, 1.82) is 0 Å². The van der Waals surface area contributed by atoms with E-state index >= 15 is 0 Å². The molecule has 2 aromatic rings. The average Bonchev–Trinajstić information content (AvgIpc) is 3.06. The van der Waals surface area contributed by atoms with Crippen molar-refractivity contribution < 1.29 is 19.1 Å². The highest BCUT2D eigenvalue weighted by Gasteiger charge is 2.22. The van der Waals surface area contributed by atoms with E-state index in [1.165, 1.54) is 18.9 Å². The molecule has 0 saturated carbocycles. The summed E-state index contributed by atoms with van der Waals surface area (Å²) in [5.41, 5.74) is 3.74. The first kappa shape index (κ1) is 27.8. The van der Waals surface area contributed by atoms with Crippen molar-refractivity contribution in [1.82, 2.24) is 10.2 Å². The number of halogens is 2. The lowest BCUT2D eigenvalue weighted by atomic mass is 10.1. The van der Waals surface area contributed by atoms with Crippen molar-refractivity contribution >= 4 is 58.6 Å². The molecule has 4 rings (SSSR count). The molecule has 0 radical (unpaired) electrons. The molecule has 0 unspecified atom stereocenters. The summed E-state index contributed by atoms with van der Waals surface area (Å²) in [6.45, 7) is 4.09. The Kier molecular flexibility index (Phi) is 9.78. The first-order chi connectivity index (χ1) is 17.8. The molecule has 2 aromatic carbocycles. The quantitative estimate of drug-likeness (QED) is 0.374. The standard InChI is InChI=1S/C27H31Cl2N3O4S/c1-31-8-7-19(27(34)35-2)12-20-13-22(4-6-25(20)31)37-17-26(33)30-14-21-16-32(9-10-36-21)15-18-3-5-23(28)24(29)11-18/h3-6,11-13,21H,7-10,14-17H2,1-2H3,(H,30,33)/t21-/m0/s1. The van der Waals surface area contributed by atoms with Gasteiger partial charge in [-0.15, -0.1) is 11.8 Å². The summed E-state index contributed by atoms with van der Waals surface area (Å²) in [6, 6.07) is 11.7. The monoisotopic (exact) mass is 563 g/mol. The molecule has 7 nitrogen and oxygen atoms in total. The molecule has 1 amide bonds. The molecule has 2 heterocycles. The number of ether oxygens (including phenoxy) is 2. The molecule has 2 aliphatic heterocycles. The maximum Gasteiger partial charge on any atom is 0.333 e. The average molecular weight is 565 g/mol. The van der Waals surface area contributed by atoms with Crippen LogP contribution in [0.5, 0.6) is 0 Å². The van der Waals surface area contributed by atoms with Crippen LogP contribution in [-0.4, -0.2) is 75.6 Å². The zero-order valence-electron chi connectivity index (χ0n) is 21.0. The summed E-state index contributed by atoms with van der Waals surface area (Å²) in [4.78, 5) is 30.0. The Hall–Kier alpha value is -2.23. The number of carbonyl (C=O) groups is 2. The first-order valence-electron chi connectivity index (χ1n) is 12.1. The van der Waals surface area contributed by atoms with Gasteiger partial charge in [-0.05, 0) is 54.0 Å². The van der Waals surface area contributed by atoms with Gasteiger partial charge in [0, 0.05) is 55.9 Å². The number of anilines is 1. The number of amides is 1. The molecule has 0 bridgehead atoms. The van der Waals surface area contributed by atoms with Gasteiger partial charge in [-0.25, -0.2) is 4.79 Å². The summed E-state index contributed by atoms with van der Waals surface area (Å²) in [7, 11) is 3.40. The first-order valence-corrected chi connectivity index (χ1v) is 13.9. The Balaban J connectivity index is 1.27. The Morgan fingerprint density at radius 2 is 2.00 bits per heavy atom. The summed E-state index contributed by atoms with van der Waals surface area (Å²) in [6.07, 6.45) is 2.44. The molecular formula is C27H31Cl2N3O4S. The third-order valence-electron chi connectivity index (χ3n) is 6.41. The number of nitrogens with one attached hydrogen (secondary N) is 1. The molecule has 37 heavy (non-hydrogen) atoms. The third kappa shape index (κ3) is 7.65. The van der Waals surface area contributed by atoms with Crippen molar-refractivity contribution in [2.24, 2.45) is 0 Å². The number of fused-ring (bicyclic) bond motifs is 1. The summed E-state index contributed by atoms with van der Waals surface area (Å²) < 4.78 is 10.8. The van der Waals surface area contributed by atoms with Gasteiger partial charge >= 0.3 is 5.97 Å². The van der Waals surface area contributed by atoms with Crippen molar-refractivity contribution in [2.45, 2.75) is 24.0 Å². The van der Waals surface area contributed by atoms with Gasteiger partial charge in [-0.1, -0.05) is 29.3 Å². The van der Waals surface area contributed by atoms with Crippen LogP contribution in [0.1, 0.15) is 17.5 Å². The molecule has 0 spiro atoms. The number of methoxy groups -OCH3 is 1. The van der Waals surface area contributed by atoms with Gasteiger partial charge in [-0.3, -0.25) is 9.69 Å². The van der Waals surface area contributed by atoms with E-state index in [1.54, 1.807) is 0 Å². The zero-order chi connectivity index (χ0) is 26.4. The lowest BCUT2D eigenvalue weighted by molar-refractivity contribution is -0.136. The van der Waals surface area contributed by atoms with Crippen LogP contribution < -0.4 is 10.2 Å². The number of thioether (sulfide) groups is 1. The number of hydrogen-bond donors (Lipinski definition) is 1. The fourth-order valence-corrected chi connectivity index (χ4v) is 5.51. The summed E-state index contributed by atoms with van der Waals surface area (Å²) in [5.74, 6) is -0.0609. The SMILES string of the molecule is COC(=O)C1=Cc2cc(SCC(=O)NC[C@H]3CN(Cc4ccc(Cl)c(Cl)c4)CCO3)ccc2N(C)CC1. The van der Waals surface area contributed by atoms with Gasteiger partial charge in [0.25, 0.3) is 0 Å². The third-order valence-corrected chi connectivity index (χ3v) is 8.15. The van der Waals surface area contributed by atoms with Crippen LogP contribution >= 0.6 is 35.0 Å². The second kappa shape index (κ2) is 13.0. The number of rotatable bonds is 8. The van der Waals surface area contributed by atoms with Crippen LogP contribution in [0.3, 0.4) is 0 Å². The highest BCUT2D eigenvalue weighted by atomic mass is 35.5. The topological polar surface area (TPSA) is 71.1 Å². The van der Waals surface area contributed by atoms with E-state index < -0.39 is 0 Å². The zero-order valence-corrected chi connectivity index (χ0v) is 23.3. The van der Waals surface area contributed by atoms with Gasteiger partial charge in [0.05, 0.1) is 35.6 Å². The molecular weight excluding hydrogens is 533 g/mol. The van der Waals surface area contributed by atoms with Crippen LogP contribution in [0.15, 0.2) is 46.9 Å². The fraction of sp³-hybridized carbons (Fsp3) is 0.407. The predicted octanol–water partition coefficient (Wildman–Crippen LogP) is 4.50. The molecule has 1 saturated heterocycles. The minimum Gasteiger partial charge on any atom is -0.466 e. The molecule has 10 heteroatoms. The minimum absolute atomic E-state index is 0.0481. The Labute approximate surface area is 232 Å². The largest absolute Gasteiger partial charge is 0.466 e. The van der Waals surface area contributed by atoms with Gasteiger partial charge in [0.15, 0.2) is 0 Å². The molecule has 2 aliphatic rings. The normalized spacial score (nSPS) is 18.0. The van der Waals surface area contributed by atoms with E-state index in [0.29, 0.717) is 40.9 Å². The van der Waals surface area contributed by atoms with Crippen molar-refractivity contribution in [3.05, 3.63) is 63.1 Å². The number of esters is 1. The maximum atomic E-state index is 12.6. The van der Waals surface area contributed by atoms with Gasteiger partial charge < -0.3 is 19.7 Å². The molecule has 1 fully saturated rings. The molecule has 0 aliphatic carbocycles. The maximum absolute atomic E-state index is 12.6. The van der Waals surface area contributed by atoms with E-state index in [-0.39, 0.29) is 18.0 Å². The fourth-order valence-electron chi connectivity index (χ4n) is 4.42. The smallest absolute Gasteiger partial charge is 0.333 e. The van der Waals surface area contributed by atoms with Crippen molar-refractivity contribution in [2.75, 3.05) is 57.6 Å². The van der Waals surface area contributed by atoms with Crippen molar-refractivity contribution in [3.63, 3.8) is 0 Å². The molecule has 1 atom stereocenters. The second-order valence-corrected chi connectivity index (χ2v) is 11.0. The van der Waals surface area contributed by atoms with Crippen LogP contribution in [-0.2, 0) is 25.6 Å². The van der Waals surface area contributed by atoms with Crippen molar-refractivity contribution in [3.8, 4) is 0 Å². The van der Waals surface area contributed by atoms with Gasteiger partial charge in [0.1, 0.15) is 0 Å². The van der Waals surface area contributed by atoms with E-state index in [0.717, 1.165) is 47.9 Å². The van der Waals surface area contributed by atoms with Gasteiger partial charge in [-0.2, -0.15) is 0 Å². The van der Waals surface area contributed by atoms with Crippen LogP contribution in [0, 0.1) is 0 Å². The number of morpholine rings is 1.